The predicted molar refractivity (Wildman–Crippen MR) is 72.8 cm³/mol. The van der Waals surface area contributed by atoms with Crippen molar-refractivity contribution in [2.24, 2.45) is 11.8 Å². The lowest BCUT2D eigenvalue weighted by Crippen LogP contribution is -2.26. The average Bonchev–Trinajstić information content (AvgIpc) is 2.92. The predicted octanol–water partition coefficient (Wildman–Crippen LogP) is 2.15. The summed E-state index contributed by atoms with van der Waals surface area (Å²) in [6.45, 7) is 3.38. The molecule has 0 radical (unpaired) electrons. The van der Waals surface area contributed by atoms with Crippen LogP contribution in [0, 0.1) is 27.8 Å². The van der Waals surface area contributed by atoms with Gasteiger partial charge in [-0.1, -0.05) is 0 Å². The highest BCUT2D eigenvalue weighted by atomic mass is 79.9. The highest BCUT2D eigenvalue weighted by molar-refractivity contribution is 9.10. The molecule has 2 aliphatic rings. The van der Waals surface area contributed by atoms with Gasteiger partial charge in [0, 0.05) is 38.3 Å². The van der Waals surface area contributed by atoms with E-state index in [-0.39, 0.29) is 10.2 Å². The van der Waals surface area contributed by atoms with Crippen molar-refractivity contribution in [3.63, 3.8) is 0 Å². The molecule has 2 fully saturated rings. The molecule has 0 amide bonds. The molecular formula is C12H13BrFN3O2. The Hall–Kier alpha value is -1.21. The topological polar surface area (TPSA) is 58.4 Å². The van der Waals surface area contributed by atoms with Crippen molar-refractivity contribution in [3.05, 3.63) is 32.5 Å². The first-order chi connectivity index (χ1) is 9.06. The Morgan fingerprint density at radius 2 is 2.00 bits per heavy atom. The summed E-state index contributed by atoms with van der Waals surface area (Å²) in [5.41, 5.74) is 0.348. The molecule has 0 spiro atoms. The number of fused-ring (bicyclic) bond motifs is 1. The summed E-state index contributed by atoms with van der Waals surface area (Å²) in [5, 5.41) is 14.4. The Morgan fingerprint density at radius 3 is 2.58 bits per heavy atom. The number of nitro benzene ring substituents is 1. The van der Waals surface area contributed by atoms with E-state index in [1.54, 1.807) is 0 Å². The molecule has 2 atom stereocenters. The van der Waals surface area contributed by atoms with Gasteiger partial charge in [0.05, 0.1) is 9.40 Å². The van der Waals surface area contributed by atoms with Crippen LogP contribution in [0.2, 0.25) is 0 Å². The Labute approximate surface area is 118 Å². The van der Waals surface area contributed by atoms with Crippen LogP contribution in [-0.2, 0) is 0 Å². The number of hydrogen-bond donors (Lipinski definition) is 1. The number of benzene rings is 1. The normalized spacial score (nSPS) is 25.7. The minimum absolute atomic E-state index is 0.0405. The van der Waals surface area contributed by atoms with Gasteiger partial charge in [0.25, 0.3) is 5.69 Å². The van der Waals surface area contributed by atoms with E-state index >= 15 is 0 Å². The van der Waals surface area contributed by atoms with Gasteiger partial charge in [0.2, 0.25) is 0 Å². The highest BCUT2D eigenvalue weighted by Crippen LogP contribution is 2.38. The van der Waals surface area contributed by atoms with Gasteiger partial charge in [-0.3, -0.25) is 10.1 Å². The van der Waals surface area contributed by atoms with Gasteiger partial charge in [0.1, 0.15) is 11.5 Å². The maximum Gasteiger partial charge on any atom is 0.293 e. The molecule has 5 nitrogen and oxygen atoms in total. The van der Waals surface area contributed by atoms with E-state index in [9.17, 15) is 14.5 Å². The van der Waals surface area contributed by atoms with Crippen molar-refractivity contribution >= 4 is 27.3 Å². The van der Waals surface area contributed by atoms with Crippen LogP contribution >= 0.6 is 15.9 Å². The fourth-order valence-electron chi connectivity index (χ4n) is 2.98. The van der Waals surface area contributed by atoms with Gasteiger partial charge in [-0.15, -0.1) is 0 Å². The fourth-order valence-corrected chi connectivity index (χ4v) is 3.31. The van der Waals surface area contributed by atoms with Gasteiger partial charge >= 0.3 is 0 Å². The van der Waals surface area contributed by atoms with Crippen LogP contribution < -0.4 is 10.2 Å². The first-order valence-electron chi connectivity index (χ1n) is 6.15. The van der Waals surface area contributed by atoms with E-state index in [1.165, 1.54) is 12.1 Å². The zero-order chi connectivity index (χ0) is 13.6. The van der Waals surface area contributed by atoms with E-state index in [0.29, 0.717) is 17.5 Å². The molecule has 19 heavy (non-hydrogen) atoms. The second-order valence-electron chi connectivity index (χ2n) is 5.10. The van der Waals surface area contributed by atoms with E-state index in [1.807, 2.05) is 4.90 Å². The van der Waals surface area contributed by atoms with Gasteiger partial charge in [-0.05, 0) is 27.8 Å². The molecule has 0 aliphatic carbocycles. The summed E-state index contributed by atoms with van der Waals surface area (Å²) in [4.78, 5) is 12.6. The van der Waals surface area contributed by atoms with Crippen LogP contribution in [-0.4, -0.2) is 31.1 Å². The molecule has 1 aromatic rings. The van der Waals surface area contributed by atoms with Gasteiger partial charge in [0.15, 0.2) is 0 Å². The fraction of sp³-hybridized carbons (Fsp3) is 0.500. The SMILES string of the molecule is O=[N+]([O-])c1cc(Br)c(F)cc1N1CC2CNCC2C1. The third-order valence-corrected chi connectivity index (χ3v) is 4.55. The summed E-state index contributed by atoms with van der Waals surface area (Å²) in [7, 11) is 0. The second-order valence-corrected chi connectivity index (χ2v) is 5.95. The number of nitro groups is 1. The third-order valence-electron chi connectivity index (χ3n) is 3.94. The molecule has 102 valence electrons. The minimum Gasteiger partial charge on any atom is -0.365 e. The quantitative estimate of drug-likeness (QED) is 0.667. The molecule has 0 bridgehead atoms. The standard InChI is InChI=1S/C12H13BrFN3O2/c13-9-1-12(17(18)19)11(2-10(9)14)16-5-7-3-15-4-8(7)6-16/h1-2,7-8,15H,3-6H2. The van der Waals surface area contributed by atoms with Crippen LogP contribution in [0.1, 0.15) is 0 Å². The highest BCUT2D eigenvalue weighted by Gasteiger charge is 2.38. The van der Waals surface area contributed by atoms with Crippen LogP contribution in [0.15, 0.2) is 16.6 Å². The molecule has 2 aliphatic heterocycles. The van der Waals surface area contributed by atoms with Crippen molar-refractivity contribution in [2.75, 3.05) is 31.1 Å². The Kier molecular flexibility index (Phi) is 3.18. The van der Waals surface area contributed by atoms with Gasteiger partial charge < -0.3 is 10.2 Å². The number of rotatable bonds is 2. The molecule has 0 aromatic heterocycles. The van der Waals surface area contributed by atoms with E-state index in [0.717, 1.165) is 26.2 Å². The van der Waals surface area contributed by atoms with Gasteiger partial charge in [-0.2, -0.15) is 0 Å². The minimum atomic E-state index is -0.462. The summed E-state index contributed by atoms with van der Waals surface area (Å²) in [6, 6.07) is 2.51. The van der Waals surface area contributed by atoms with E-state index < -0.39 is 10.7 Å². The summed E-state index contributed by atoms with van der Waals surface area (Å²) < 4.78 is 13.8. The summed E-state index contributed by atoms with van der Waals surface area (Å²) in [6.07, 6.45) is 0. The smallest absolute Gasteiger partial charge is 0.293 e. The maximum atomic E-state index is 13.7. The van der Waals surface area contributed by atoms with Crippen LogP contribution in [0.3, 0.4) is 0 Å². The Balaban J connectivity index is 1.96. The number of nitrogens with zero attached hydrogens (tertiary/aromatic N) is 2. The second kappa shape index (κ2) is 4.72. The maximum absolute atomic E-state index is 13.7. The third kappa shape index (κ3) is 2.21. The Bertz CT molecular complexity index is 528. The average molecular weight is 330 g/mol. The first-order valence-corrected chi connectivity index (χ1v) is 6.94. The molecule has 7 heteroatoms. The number of hydrogen-bond acceptors (Lipinski definition) is 4. The van der Waals surface area contributed by atoms with E-state index in [2.05, 4.69) is 21.2 Å². The molecular weight excluding hydrogens is 317 g/mol. The molecule has 2 heterocycles. The number of nitrogens with one attached hydrogen (secondary N) is 1. The van der Waals surface area contributed by atoms with Crippen molar-refractivity contribution in [1.29, 1.82) is 0 Å². The summed E-state index contributed by atoms with van der Waals surface area (Å²) in [5.74, 6) is 0.549. The zero-order valence-corrected chi connectivity index (χ0v) is 11.7. The van der Waals surface area contributed by atoms with Crippen molar-refractivity contribution in [1.82, 2.24) is 5.32 Å². The van der Waals surface area contributed by atoms with Crippen molar-refractivity contribution < 1.29 is 9.31 Å². The molecule has 2 unspecified atom stereocenters. The lowest BCUT2D eigenvalue weighted by molar-refractivity contribution is -0.384. The molecule has 2 saturated heterocycles. The molecule has 3 rings (SSSR count). The van der Waals surface area contributed by atoms with Crippen LogP contribution in [0.4, 0.5) is 15.8 Å². The first kappa shape index (κ1) is 12.8. The summed E-state index contributed by atoms with van der Waals surface area (Å²) >= 11 is 3.00. The lowest BCUT2D eigenvalue weighted by atomic mass is 10.0. The lowest BCUT2D eigenvalue weighted by Gasteiger charge is -2.19. The monoisotopic (exact) mass is 329 g/mol. The number of anilines is 1. The number of halogens is 2. The Morgan fingerprint density at radius 1 is 1.37 bits per heavy atom. The van der Waals surface area contributed by atoms with Crippen molar-refractivity contribution in [2.45, 2.75) is 0 Å². The van der Waals surface area contributed by atoms with Gasteiger partial charge in [-0.25, -0.2) is 4.39 Å². The van der Waals surface area contributed by atoms with Crippen molar-refractivity contribution in [3.8, 4) is 0 Å². The zero-order valence-electron chi connectivity index (χ0n) is 10.1. The molecule has 0 saturated carbocycles. The van der Waals surface area contributed by atoms with Crippen LogP contribution in [0.25, 0.3) is 0 Å². The molecule has 1 N–H and O–H groups in total. The van der Waals surface area contributed by atoms with Crippen LogP contribution in [0.5, 0.6) is 0 Å². The molecule has 1 aromatic carbocycles. The van der Waals surface area contributed by atoms with E-state index in [4.69, 9.17) is 0 Å². The largest absolute Gasteiger partial charge is 0.365 e.